The monoisotopic (exact) mass is 273 g/mol. The highest BCUT2D eigenvalue weighted by atomic mass is 16.5. The van der Waals surface area contributed by atoms with Crippen molar-refractivity contribution < 1.29 is 4.74 Å². The largest absolute Gasteiger partial charge is 0.494 e. The van der Waals surface area contributed by atoms with Gasteiger partial charge in [-0.25, -0.2) is 0 Å². The first-order chi connectivity index (χ1) is 9.85. The fourth-order valence-electron chi connectivity index (χ4n) is 2.92. The van der Waals surface area contributed by atoms with Gasteiger partial charge >= 0.3 is 0 Å². The molecule has 2 heteroatoms. The summed E-state index contributed by atoms with van der Waals surface area (Å²) in [6.07, 6.45) is 10.4. The summed E-state index contributed by atoms with van der Waals surface area (Å²) in [5.41, 5.74) is 2.91. The maximum atomic E-state index is 5.89. The van der Waals surface area contributed by atoms with E-state index >= 15 is 0 Å². The molecule has 0 saturated heterocycles. The Morgan fingerprint density at radius 2 is 2.25 bits per heavy atom. The van der Waals surface area contributed by atoms with Crippen molar-refractivity contribution in [1.29, 1.82) is 0 Å². The first-order valence-electron chi connectivity index (χ1n) is 7.89. The maximum Gasteiger partial charge on any atom is 0.119 e. The van der Waals surface area contributed by atoms with Crippen molar-refractivity contribution in [2.75, 3.05) is 13.7 Å². The molecule has 1 N–H and O–H groups in total. The number of nitrogens with one attached hydrogen (secondary N) is 1. The summed E-state index contributed by atoms with van der Waals surface area (Å²) in [6.45, 7) is 4.56. The predicted octanol–water partition coefficient (Wildman–Crippen LogP) is 4.41. The molecule has 110 valence electrons. The van der Waals surface area contributed by atoms with Crippen molar-refractivity contribution in [3.63, 3.8) is 0 Å². The van der Waals surface area contributed by atoms with Crippen LogP contribution in [0.1, 0.15) is 55.7 Å². The molecule has 0 bridgehead atoms. The fourth-order valence-corrected chi connectivity index (χ4v) is 2.92. The van der Waals surface area contributed by atoms with E-state index in [0.29, 0.717) is 6.04 Å². The topological polar surface area (TPSA) is 21.3 Å². The fraction of sp³-hybridized carbons (Fsp3) is 0.556. The van der Waals surface area contributed by atoms with Gasteiger partial charge in [0.25, 0.3) is 0 Å². The van der Waals surface area contributed by atoms with E-state index in [0.717, 1.165) is 25.2 Å². The molecule has 0 amide bonds. The smallest absolute Gasteiger partial charge is 0.119 e. The quantitative estimate of drug-likeness (QED) is 0.559. The van der Waals surface area contributed by atoms with Gasteiger partial charge in [-0.2, -0.15) is 0 Å². The van der Waals surface area contributed by atoms with Crippen molar-refractivity contribution in [2.24, 2.45) is 0 Å². The number of unbranched alkanes of at least 4 members (excludes halogenated alkanes) is 3. The molecular weight excluding hydrogens is 246 g/mol. The van der Waals surface area contributed by atoms with Crippen LogP contribution in [-0.2, 0) is 6.42 Å². The van der Waals surface area contributed by atoms with E-state index in [1.165, 1.54) is 43.2 Å². The summed E-state index contributed by atoms with van der Waals surface area (Å²) >= 11 is 0. The summed E-state index contributed by atoms with van der Waals surface area (Å²) in [6, 6.07) is 7.10. The van der Waals surface area contributed by atoms with Crippen molar-refractivity contribution in [3.05, 3.63) is 42.0 Å². The van der Waals surface area contributed by atoms with Crippen LogP contribution in [0.15, 0.2) is 30.9 Å². The molecule has 0 fully saturated rings. The standard InChI is InChI=1S/C18H27NO/c1-3-4-5-6-7-13-20-16-12-11-15-9-8-10-18(19-2)17(15)14-16/h3,11-12,14,18-19H,1,4-10,13H2,2H3. The van der Waals surface area contributed by atoms with E-state index in [4.69, 9.17) is 4.74 Å². The number of aryl methyl sites for hydroxylation is 1. The summed E-state index contributed by atoms with van der Waals surface area (Å²) < 4.78 is 5.89. The van der Waals surface area contributed by atoms with Crippen LogP contribution in [0, 0.1) is 0 Å². The van der Waals surface area contributed by atoms with Crippen LogP contribution >= 0.6 is 0 Å². The van der Waals surface area contributed by atoms with Gasteiger partial charge in [-0.3, -0.25) is 0 Å². The predicted molar refractivity (Wildman–Crippen MR) is 85.3 cm³/mol. The van der Waals surface area contributed by atoms with Gasteiger partial charge in [0.1, 0.15) is 5.75 Å². The number of fused-ring (bicyclic) bond motifs is 1. The molecule has 0 saturated carbocycles. The average molecular weight is 273 g/mol. The molecule has 20 heavy (non-hydrogen) atoms. The first-order valence-corrected chi connectivity index (χ1v) is 7.89. The Labute approximate surface area is 123 Å². The summed E-state index contributed by atoms with van der Waals surface area (Å²) in [5.74, 6) is 1.02. The number of benzene rings is 1. The minimum atomic E-state index is 0.495. The summed E-state index contributed by atoms with van der Waals surface area (Å²) in [5, 5.41) is 3.41. The molecule has 2 rings (SSSR count). The summed E-state index contributed by atoms with van der Waals surface area (Å²) in [7, 11) is 2.05. The molecule has 0 radical (unpaired) electrons. The Hall–Kier alpha value is -1.28. The van der Waals surface area contributed by atoms with Crippen LogP contribution in [0.25, 0.3) is 0 Å². The normalized spacial score (nSPS) is 17.6. The second kappa shape index (κ2) is 8.11. The lowest BCUT2D eigenvalue weighted by molar-refractivity contribution is 0.304. The molecule has 1 aliphatic rings. The van der Waals surface area contributed by atoms with E-state index in [-0.39, 0.29) is 0 Å². The van der Waals surface area contributed by atoms with Crippen LogP contribution in [0.4, 0.5) is 0 Å². The molecule has 1 atom stereocenters. The zero-order chi connectivity index (χ0) is 14.2. The lowest BCUT2D eigenvalue weighted by Crippen LogP contribution is -2.21. The van der Waals surface area contributed by atoms with Gasteiger partial charge in [0.2, 0.25) is 0 Å². The Bertz CT molecular complexity index is 427. The SMILES string of the molecule is C=CCCCCCOc1ccc2c(c1)C(NC)CCC2. The van der Waals surface area contributed by atoms with Crippen LogP contribution in [0.3, 0.4) is 0 Å². The molecule has 0 aromatic heterocycles. The Kier molecular flexibility index (Phi) is 6.13. The minimum absolute atomic E-state index is 0.495. The average Bonchev–Trinajstić information content (AvgIpc) is 2.50. The number of hydrogen-bond donors (Lipinski definition) is 1. The highest BCUT2D eigenvalue weighted by molar-refractivity contribution is 5.39. The molecule has 2 nitrogen and oxygen atoms in total. The van der Waals surface area contributed by atoms with Crippen molar-refractivity contribution >= 4 is 0 Å². The third-order valence-electron chi connectivity index (χ3n) is 4.10. The lowest BCUT2D eigenvalue weighted by Gasteiger charge is -2.25. The van der Waals surface area contributed by atoms with Crippen molar-refractivity contribution in [2.45, 2.75) is 51.0 Å². The molecule has 1 aromatic rings. The van der Waals surface area contributed by atoms with Gasteiger partial charge in [-0.1, -0.05) is 12.1 Å². The van der Waals surface area contributed by atoms with Crippen LogP contribution in [0.2, 0.25) is 0 Å². The van der Waals surface area contributed by atoms with E-state index in [1.54, 1.807) is 0 Å². The number of ether oxygens (including phenoxy) is 1. The second-order valence-electron chi connectivity index (χ2n) is 5.58. The van der Waals surface area contributed by atoms with E-state index in [9.17, 15) is 0 Å². The number of rotatable bonds is 8. The molecule has 1 unspecified atom stereocenters. The minimum Gasteiger partial charge on any atom is -0.494 e. The van der Waals surface area contributed by atoms with Gasteiger partial charge in [0.15, 0.2) is 0 Å². The highest BCUT2D eigenvalue weighted by Gasteiger charge is 2.18. The Morgan fingerprint density at radius 3 is 3.05 bits per heavy atom. The van der Waals surface area contributed by atoms with Gasteiger partial charge in [0.05, 0.1) is 6.61 Å². The molecule has 1 aromatic carbocycles. The van der Waals surface area contributed by atoms with Crippen molar-refractivity contribution in [3.8, 4) is 5.75 Å². The van der Waals surface area contributed by atoms with Crippen LogP contribution in [0.5, 0.6) is 5.75 Å². The molecule has 0 spiro atoms. The summed E-state index contributed by atoms with van der Waals surface area (Å²) in [4.78, 5) is 0. The van der Waals surface area contributed by atoms with Crippen molar-refractivity contribution in [1.82, 2.24) is 5.32 Å². The zero-order valence-electron chi connectivity index (χ0n) is 12.7. The van der Waals surface area contributed by atoms with Gasteiger partial charge < -0.3 is 10.1 Å². The van der Waals surface area contributed by atoms with Crippen LogP contribution < -0.4 is 10.1 Å². The molecule has 1 aliphatic carbocycles. The third kappa shape index (κ3) is 4.11. The Balaban J connectivity index is 1.85. The van der Waals surface area contributed by atoms with Gasteiger partial charge in [0, 0.05) is 6.04 Å². The van der Waals surface area contributed by atoms with Crippen LogP contribution in [-0.4, -0.2) is 13.7 Å². The lowest BCUT2D eigenvalue weighted by atomic mass is 9.87. The number of hydrogen-bond acceptors (Lipinski definition) is 2. The highest BCUT2D eigenvalue weighted by Crippen LogP contribution is 2.32. The Morgan fingerprint density at radius 1 is 1.35 bits per heavy atom. The molecular formula is C18H27NO. The van der Waals surface area contributed by atoms with E-state index < -0.39 is 0 Å². The molecule has 0 heterocycles. The second-order valence-corrected chi connectivity index (χ2v) is 5.58. The van der Waals surface area contributed by atoms with E-state index in [1.807, 2.05) is 13.1 Å². The third-order valence-corrected chi connectivity index (χ3v) is 4.10. The van der Waals surface area contributed by atoms with Gasteiger partial charge in [-0.15, -0.1) is 6.58 Å². The molecule has 0 aliphatic heterocycles. The first kappa shape index (κ1) is 15.1. The van der Waals surface area contributed by atoms with E-state index in [2.05, 4.69) is 30.1 Å². The number of allylic oxidation sites excluding steroid dienone is 1. The van der Waals surface area contributed by atoms with Gasteiger partial charge in [-0.05, 0) is 75.3 Å². The zero-order valence-corrected chi connectivity index (χ0v) is 12.7. The maximum absolute atomic E-state index is 5.89.